The van der Waals surface area contributed by atoms with Crippen LogP contribution in [0.15, 0.2) is 0 Å². The van der Waals surface area contributed by atoms with Crippen molar-refractivity contribution in [1.29, 1.82) is 0 Å². The van der Waals surface area contributed by atoms with Gasteiger partial charge in [-0.3, -0.25) is 9.59 Å². The van der Waals surface area contributed by atoms with E-state index in [0.29, 0.717) is 11.5 Å². The zero-order valence-corrected chi connectivity index (χ0v) is 14.1. The molecule has 0 N–H and O–H groups in total. The quantitative estimate of drug-likeness (QED) is 0.306. The van der Waals surface area contributed by atoms with Crippen molar-refractivity contribution in [2.45, 2.75) is 31.9 Å². The molecule has 0 aromatic carbocycles. The number of carbonyl (C=O) groups excluding carboxylic acids is 2. The van der Waals surface area contributed by atoms with Gasteiger partial charge in [-0.1, -0.05) is 0 Å². The van der Waals surface area contributed by atoms with Crippen LogP contribution < -0.4 is 0 Å². The second-order valence-electron chi connectivity index (χ2n) is 4.45. The third kappa shape index (κ3) is 6.02. The van der Waals surface area contributed by atoms with E-state index in [1.54, 1.807) is 13.8 Å². The molecule has 4 nitrogen and oxygen atoms in total. The molecule has 0 spiro atoms. The summed E-state index contributed by atoms with van der Waals surface area (Å²) in [6.07, 6.45) is 0.111. The van der Waals surface area contributed by atoms with Gasteiger partial charge in [-0.15, -0.1) is 11.6 Å². The summed E-state index contributed by atoms with van der Waals surface area (Å²) in [6, 6.07) is 0. The largest absolute Gasteiger partial charge is 0.408 e. The summed E-state index contributed by atoms with van der Waals surface area (Å²) in [5.74, 6) is -0.572. The Bertz CT molecular complexity index is 304. The fourth-order valence-corrected chi connectivity index (χ4v) is 1.80. The van der Waals surface area contributed by atoms with Crippen LogP contribution in [-0.2, 0) is 19.1 Å². The van der Waals surface area contributed by atoms with Crippen molar-refractivity contribution in [2.24, 2.45) is 5.41 Å². The molecule has 0 saturated carbocycles. The summed E-state index contributed by atoms with van der Waals surface area (Å²) in [5, 5.41) is -1.94. The number of esters is 2. The normalized spacial score (nSPS) is 12.1. The maximum atomic E-state index is 11.6. The number of carbonyl (C=O) groups is 2. The highest BCUT2D eigenvalue weighted by atomic mass is 35.5. The van der Waals surface area contributed by atoms with E-state index in [9.17, 15) is 9.59 Å². The van der Waals surface area contributed by atoms with Gasteiger partial charge in [0.1, 0.15) is 0 Å². The minimum atomic E-state index is -1.94. The molecule has 0 bridgehead atoms. The fourth-order valence-electron chi connectivity index (χ4n) is 0.954. The van der Waals surface area contributed by atoms with Crippen LogP contribution in [0, 0.1) is 5.41 Å². The topological polar surface area (TPSA) is 52.6 Å². The number of hydrogen-bond donors (Lipinski definition) is 2. The van der Waals surface area contributed by atoms with E-state index in [1.165, 1.54) is 0 Å². The first kappa shape index (κ1) is 19.2. The molecule has 0 atom stereocenters. The smallest absolute Gasteiger partial charge is 0.343 e. The van der Waals surface area contributed by atoms with E-state index in [0.717, 1.165) is 0 Å². The van der Waals surface area contributed by atoms with Crippen molar-refractivity contribution in [1.82, 2.24) is 0 Å². The maximum Gasteiger partial charge on any atom is 0.343 e. The van der Waals surface area contributed by atoms with Gasteiger partial charge in [-0.25, -0.2) is 0 Å². The molecule has 0 radical (unpaired) electrons. The number of alkyl halides is 2. The molecule has 19 heavy (non-hydrogen) atoms. The maximum absolute atomic E-state index is 11.6. The Labute approximate surface area is 134 Å². The van der Waals surface area contributed by atoms with Crippen LogP contribution in [0.25, 0.3) is 0 Å². The minimum absolute atomic E-state index is 0.0405. The highest BCUT2D eigenvalue weighted by Gasteiger charge is 2.50. The van der Waals surface area contributed by atoms with Crippen LogP contribution in [0.5, 0.6) is 0 Å². The highest BCUT2D eigenvalue weighted by Crippen LogP contribution is 2.41. The molecule has 0 unspecified atom stereocenters. The summed E-state index contributed by atoms with van der Waals surface area (Å²) in [4.78, 5) is 23.1. The van der Waals surface area contributed by atoms with E-state index in [4.69, 9.17) is 32.7 Å². The van der Waals surface area contributed by atoms with Gasteiger partial charge in [0.2, 0.25) is 0 Å². The van der Waals surface area contributed by atoms with E-state index < -0.39 is 22.6 Å². The number of ether oxygens (including phenoxy) is 2. The van der Waals surface area contributed by atoms with Gasteiger partial charge in [0.25, 0.3) is 0 Å². The van der Waals surface area contributed by atoms with Gasteiger partial charge >= 0.3 is 17.2 Å². The first-order valence-electron chi connectivity index (χ1n) is 5.62. The van der Waals surface area contributed by atoms with Crippen molar-refractivity contribution in [2.75, 3.05) is 17.4 Å². The summed E-state index contributed by atoms with van der Waals surface area (Å²) in [7, 11) is 0. The van der Waals surface area contributed by atoms with Crippen LogP contribution in [0.2, 0.25) is 0 Å². The Morgan fingerprint density at radius 3 is 1.68 bits per heavy atom. The second-order valence-corrected chi connectivity index (χ2v) is 6.11. The Kier molecular flexibility index (Phi) is 8.59. The molecular formula is C11H18Cl2O4S2. The van der Waals surface area contributed by atoms with Crippen molar-refractivity contribution >= 4 is 60.4 Å². The molecule has 0 saturated heterocycles. The van der Waals surface area contributed by atoms with Gasteiger partial charge < -0.3 is 9.47 Å². The van der Waals surface area contributed by atoms with Gasteiger partial charge in [0, 0.05) is 17.4 Å². The summed E-state index contributed by atoms with van der Waals surface area (Å²) in [6.45, 7) is 3.27. The molecule has 0 fully saturated rings. The van der Waals surface area contributed by atoms with Crippen LogP contribution in [0.1, 0.15) is 26.7 Å². The molecule has 0 heterocycles. The zero-order chi connectivity index (χ0) is 15.1. The third-order valence-electron chi connectivity index (χ3n) is 2.26. The fraction of sp³-hybridized carbons (Fsp3) is 0.818. The molecule has 0 aliphatic carbocycles. The summed E-state index contributed by atoms with van der Waals surface area (Å²) >= 11 is 19.8. The molecule has 0 rings (SSSR count). The van der Waals surface area contributed by atoms with Gasteiger partial charge in [-0.05, 0) is 25.4 Å². The SMILES string of the molecule is CC(C)(CCl)C(Cl)(OC(=O)CCS)OC(=O)CCS. The third-order valence-corrected chi connectivity index (χ3v) is 4.05. The lowest BCUT2D eigenvalue weighted by molar-refractivity contribution is -0.225. The lowest BCUT2D eigenvalue weighted by Crippen LogP contribution is -2.48. The average molecular weight is 349 g/mol. The van der Waals surface area contributed by atoms with E-state index in [2.05, 4.69) is 25.3 Å². The standard InChI is InChI=1S/C11H18Cl2O4S2/c1-10(2,7-12)11(13,16-8(14)3-5-18)17-9(15)4-6-19/h18-19H,3-7H2,1-2H3. The predicted molar refractivity (Wildman–Crippen MR) is 82.2 cm³/mol. The van der Waals surface area contributed by atoms with Crippen molar-refractivity contribution < 1.29 is 19.1 Å². The monoisotopic (exact) mass is 348 g/mol. The Balaban J connectivity index is 5.02. The molecule has 0 aliphatic rings. The molecule has 8 heteroatoms. The number of thiol groups is 2. The molecule has 0 aliphatic heterocycles. The van der Waals surface area contributed by atoms with Crippen molar-refractivity contribution in [3.05, 3.63) is 0 Å². The van der Waals surface area contributed by atoms with E-state index in [-0.39, 0.29) is 18.7 Å². The molecular weight excluding hydrogens is 331 g/mol. The zero-order valence-electron chi connectivity index (χ0n) is 10.8. The van der Waals surface area contributed by atoms with Crippen LogP contribution >= 0.6 is 48.5 Å². The van der Waals surface area contributed by atoms with E-state index >= 15 is 0 Å². The minimum Gasteiger partial charge on any atom is -0.408 e. The van der Waals surface area contributed by atoms with Gasteiger partial charge in [0.15, 0.2) is 0 Å². The summed E-state index contributed by atoms with van der Waals surface area (Å²) in [5.41, 5.74) is -0.950. The lowest BCUT2D eigenvalue weighted by atomic mass is 9.95. The molecule has 0 aromatic heterocycles. The van der Waals surface area contributed by atoms with Crippen LogP contribution in [0.4, 0.5) is 0 Å². The van der Waals surface area contributed by atoms with Crippen LogP contribution in [0.3, 0.4) is 0 Å². The number of rotatable bonds is 8. The number of halogens is 2. The second kappa shape index (κ2) is 8.49. The predicted octanol–water partition coefficient (Wildman–Crippen LogP) is 2.87. The first-order valence-corrected chi connectivity index (χ1v) is 7.80. The van der Waals surface area contributed by atoms with Crippen molar-refractivity contribution in [3.63, 3.8) is 0 Å². The van der Waals surface area contributed by atoms with Crippen LogP contribution in [-0.4, -0.2) is 34.6 Å². The Hall–Kier alpha value is 0.220. The summed E-state index contributed by atoms with van der Waals surface area (Å²) < 4.78 is 10.2. The van der Waals surface area contributed by atoms with Gasteiger partial charge in [0.05, 0.1) is 18.3 Å². The Morgan fingerprint density at radius 1 is 1.05 bits per heavy atom. The number of hydrogen-bond acceptors (Lipinski definition) is 6. The molecule has 112 valence electrons. The van der Waals surface area contributed by atoms with Gasteiger partial charge in [-0.2, -0.15) is 25.3 Å². The molecule has 0 aromatic rings. The average Bonchev–Trinajstić information content (AvgIpc) is 2.28. The lowest BCUT2D eigenvalue weighted by Gasteiger charge is -2.38. The van der Waals surface area contributed by atoms with E-state index in [1.807, 2.05) is 0 Å². The Morgan fingerprint density at radius 2 is 1.42 bits per heavy atom. The van der Waals surface area contributed by atoms with Crippen molar-refractivity contribution in [3.8, 4) is 0 Å². The highest BCUT2D eigenvalue weighted by molar-refractivity contribution is 7.80. The first-order chi connectivity index (χ1) is 8.72. The molecule has 0 amide bonds.